The topological polar surface area (TPSA) is 0 Å². The summed E-state index contributed by atoms with van der Waals surface area (Å²) in [6, 6.07) is 8.96. The molecule has 0 amide bonds. The Labute approximate surface area is 81.0 Å². The van der Waals surface area contributed by atoms with Gasteiger partial charge < -0.3 is 0 Å². The van der Waals surface area contributed by atoms with Gasteiger partial charge >= 0.3 is 0 Å². The van der Waals surface area contributed by atoms with E-state index < -0.39 is 0 Å². The molecular weight excluding hydrogens is 156 g/mol. The lowest BCUT2D eigenvalue weighted by Crippen LogP contribution is -2.14. The number of aryl methyl sites for hydroxylation is 1. The third kappa shape index (κ3) is 1.63. The predicted octanol–water partition coefficient (Wildman–Crippen LogP) is 3.76. The van der Waals surface area contributed by atoms with Crippen LogP contribution in [0.25, 0.3) is 0 Å². The molecule has 0 spiro atoms. The molecule has 0 N–H and O–H groups in total. The van der Waals surface area contributed by atoms with E-state index in [1.54, 1.807) is 11.1 Å². The van der Waals surface area contributed by atoms with E-state index in [4.69, 9.17) is 0 Å². The van der Waals surface area contributed by atoms with Crippen molar-refractivity contribution in [1.82, 2.24) is 0 Å². The van der Waals surface area contributed by atoms with Crippen molar-refractivity contribution in [3.63, 3.8) is 0 Å². The highest BCUT2D eigenvalue weighted by atomic mass is 14.3. The second-order valence-electron chi connectivity index (χ2n) is 4.44. The summed E-state index contributed by atoms with van der Waals surface area (Å²) in [6.45, 7) is 4.68. The van der Waals surface area contributed by atoms with E-state index in [-0.39, 0.29) is 0 Å². The third-order valence-electron chi connectivity index (χ3n) is 3.22. The van der Waals surface area contributed by atoms with Crippen molar-refractivity contribution in [3.8, 4) is 0 Å². The van der Waals surface area contributed by atoms with Crippen molar-refractivity contribution in [2.75, 3.05) is 0 Å². The van der Waals surface area contributed by atoms with Gasteiger partial charge in [-0.2, -0.15) is 0 Å². The van der Waals surface area contributed by atoms with Crippen LogP contribution < -0.4 is 0 Å². The fourth-order valence-corrected chi connectivity index (χ4v) is 2.48. The molecule has 1 atom stereocenters. The summed E-state index contributed by atoms with van der Waals surface area (Å²) in [5.41, 5.74) is 3.20. The molecule has 0 saturated heterocycles. The molecule has 13 heavy (non-hydrogen) atoms. The monoisotopic (exact) mass is 174 g/mol. The molecule has 0 aliphatic heterocycles. The molecule has 0 aromatic heterocycles. The van der Waals surface area contributed by atoms with Crippen molar-refractivity contribution in [2.45, 2.75) is 39.0 Å². The lowest BCUT2D eigenvalue weighted by atomic mass is 9.77. The Bertz CT molecular complexity index is 286. The number of hydrogen-bond acceptors (Lipinski definition) is 0. The van der Waals surface area contributed by atoms with Crippen molar-refractivity contribution < 1.29 is 0 Å². The Morgan fingerprint density at radius 1 is 1.23 bits per heavy atom. The molecule has 1 aromatic rings. The fourth-order valence-electron chi connectivity index (χ4n) is 2.48. The van der Waals surface area contributed by atoms with E-state index in [9.17, 15) is 0 Å². The Balaban J connectivity index is 2.37. The molecule has 1 unspecified atom stereocenters. The van der Waals surface area contributed by atoms with Crippen LogP contribution >= 0.6 is 0 Å². The molecule has 0 radical (unpaired) electrons. The molecule has 2 rings (SSSR count). The smallest absolute Gasteiger partial charge is 0.0136 e. The Kier molecular flexibility index (Phi) is 2.39. The average molecular weight is 174 g/mol. The SMILES string of the molecule is CC(C)C1CCCc2ccccc21. The van der Waals surface area contributed by atoms with Crippen LogP contribution in [0.15, 0.2) is 24.3 Å². The number of rotatable bonds is 1. The number of hydrogen-bond donors (Lipinski definition) is 0. The molecule has 0 fully saturated rings. The zero-order valence-electron chi connectivity index (χ0n) is 8.59. The normalized spacial score (nSPS) is 21.6. The van der Waals surface area contributed by atoms with Crippen LogP contribution in [0.3, 0.4) is 0 Å². The highest BCUT2D eigenvalue weighted by molar-refractivity contribution is 5.32. The van der Waals surface area contributed by atoms with Gasteiger partial charge in [-0.1, -0.05) is 38.1 Å². The lowest BCUT2D eigenvalue weighted by molar-refractivity contribution is 0.433. The zero-order chi connectivity index (χ0) is 9.26. The Morgan fingerprint density at radius 2 is 2.00 bits per heavy atom. The molecule has 70 valence electrons. The summed E-state index contributed by atoms with van der Waals surface area (Å²) in [5, 5.41) is 0. The van der Waals surface area contributed by atoms with E-state index in [0.29, 0.717) is 0 Å². The van der Waals surface area contributed by atoms with E-state index in [0.717, 1.165) is 11.8 Å². The van der Waals surface area contributed by atoms with Gasteiger partial charge in [0.15, 0.2) is 0 Å². The van der Waals surface area contributed by atoms with Gasteiger partial charge in [0.25, 0.3) is 0 Å². The van der Waals surface area contributed by atoms with Gasteiger partial charge in [-0.15, -0.1) is 0 Å². The molecule has 0 nitrogen and oxygen atoms in total. The van der Waals surface area contributed by atoms with E-state index in [1.807, 2.05) is 0 Å². The minimum Gasteiger partial charge on any atom is -0.0622 e. The maximum atomic E-state index is 2.34. The molecule has 0 heterocycles. The van der Waals surface area contributed by atoms with Gasteiger partial charge in [0.2, 0.25) is 0 Å². The quantitative estimate of drug-likeness (QED) is 0.608. The van der Waals surface area contributed by atoms with Crippen LogP contribution in [-0.4, -0.2) is 0 Å². The summed E-state index contributed by atoms with van der Waals surface area (Å²) < 4.78 is 0. The Hall–Kier alpha value is -0.780. The predicted molar refractivity (Wildman–Crippen MR) is 57.0 cm³/mol. The van der Waals surface area contributed by atoms with Crippen LogP contribution in [0.5, 0.6) is 0 Å². The number of fused-ring (bicyclic) bond motifs is 1. The summed E-state index contributed by atoms with van der Waals surface area (Å²) in [6.07, 6.45) is 4.05. The van der Waals surface area contributed by atoms with Crippen molar-refractivity contribution >= 4 is 0 Å². The van der Waals surface area contributed by atoms with Crippen LogP contribution in [0.1, 0.15) is 43.7 Å². The van der Waals surface area contributed by atoms with Crippen molar-refractivity contribution in [3.05, 3.63) is 35.4 Å². The van der Waals surface area contributed by atoms with E-state index in [1.165, 1.54) is 19.3 Å². The molecule has 0 heteroatoms. The van der Waals surface area contributed by atoms with Gasteiger partial charge in [-0.3, -0.25) is 0 Å². The van der Waals surface area contributed by atoms with Crippen LogP contribution in [0.4, 0.5) is 0 Å². The molecule has 0 bridgehead atoms. The summed E-state index contributed by atoms with van der Waals surface area (Å²) in [7, 11) is 0. The van der Waals surface area contributed by atoms with E-state index in [2.05, 4.69) is 38.1 Å². The second kappa shape index (κ2) is 3.53. The first kappa shape index (κ1) is 8.80. The molecule has 1 aliphatic rings. The minimum absolute atomic E-state index is 0.793. The molecule has 1 aromatic carbocycles. The van der Waals surface area contributed by atoms with Crippen LogP contribution in [-0.2, 0) is 6.42 Å². The van der Waals surface area contributed by atoms with E-state index >= 15 is 0 Å². The average Bonchev–Trinajstić information content (AvgIpc) is 2.17. The summed E-state index contributed by atoms with van der Waals surface area (Å²) in [4.78, 5) is 0. The first-order valence-electron chi connectivity index (χ1n) is 5.37. The molecular formula is C13H18. The zero-order valence-corrected chi connectivity index (χ0v) is 8.59. The highest BCUT2D eigenvalue weighted by Gasteiger charge is 2.21. The van der Waals surface area contributed by atoms with Crippen molar-refractivity contribution in [1.29, 1.82) is 0 Å². The first-order valence-corrected chi connectivity index (χ1v) is 5.37. The third-order valence-corrected chi connectivity index (χ3v) is 3.22. The van der Waals surface area contributed by atoms with Crippen molar-refractivity contribution in [2.24, 2.45) is 5.92 Å². The van der Waals surface area contributed by atoms with Gasteiger partial charge in [0.05, 0.1) is 0 Å². The first-order chi connectivity index (χ1) is 6.29. The maximum Gasteiger partial charge on any atom is -0.0136 e. The number of benzene rings is 1. The lowest BCUT2D eigenvalue weighted by Gasteiger charge is -2.28. The Morgan fingerprint density at radius 3 is 2.77 bits per heavy atom. The summed E-state index contributed by atoms with van der Waals surface area (Å²) >= 11 is 0. The minimum atomic E-state index is 0.793. The van der Waals surface area contributed by atoms with Gasteiger partial charge in [-0.25, -0.2) is 0 Å². The molecule has 0 saturated carbocycles. The van der Waals surface area contributed by atoms with Gasteiger partial charge in [0.1, 0.15) is 0 Å². The van der Waals surface area contributed by atoms with Gasteiger partial charge in [-0.05, 0) is 42.2 Å². The van der Waals surface area contributed by atoms with Gasteiger partial charge in [0, 0.05) is 0 Å². The summed E-state index contributed by atoms with van der Waals surface area (Å²) in [5.74, 6) is 1.60. The fraction of sp³-hybridized carbons (Fsp3) is 0.538. The highest BCUT2D eigenvalue weighted by Crippen LogP contribution is 2.36. The van der Waals surface area contributed by atoms with Crippen LogP contribution in [0, 0.1) is 5.92 Å². The standard InChI is InChI=1S/C13H18/c1-10(2)12-9-5-7-11-6-3-4-8-13(11)12/h3-4,6,8,10,12H,5,7,9H2,1-2H3. The van der Waals surface area contributed by atoms with Crippen LogP contribution in [0.2, 0.25) is 0 Å². The molecule has 1 aliphatic carbocycles. The maximum absolute atomic E-state index is 2.34. The largest absolute Gasteiger partial charge is 0.0622 e. The second-order valence-corrected chi connectivity index (χ2v) is 4.44.